The van der Waals surface area contributed by atoms with Gasteiger partial charge in [-0.3, -0.25) is 9.98 Å². The second-order valence-electron chi connectivity index (χ2n) is 10.2. The van der Waals surface area contributed by atoms with Crippen LogP contribution < -0.4 is 15.4 Å². The van der Waals surface area contributed by atoms with Crippen molar-refractivity contribution in [3.63, 3.8) is 0 Å². The highest BCUT2D eigenvalue weighted by Crippen LogP contribution is 2.29. The van der Waals surface area contributed by atoms with E-state index >= 15 is 0 Å². The number of rotatable bonds is 18. The molecule has 0 amide bonds. The Morgan fingerprint density at radius 1 is 0.707 bits per heavy atom. The first-order valence-corrected chi connectivity index (χ1v) is 15.1. The van der Waals surface area contributed by atoms with Crippen LogP contribution in [-0.4, -0.2) is 33.1 Å². The molecule has 0 atom stereocenters. The highest BCUT2D eigenvalue weighted by Gasteiger charge is 2.11. The number of terminal acetylenes is 1. The zero-order chi connectivity index (χ0) is 29.1. The number of para-hydroxylation sites is 4. The van der Waals surface area contributed by atoms with Crippen molar-refractivity contribution in [2.75, 3.05) is 31.3 Å². The third-order valence-corrected chi connectivity index (χ3v) is 7.09. The molecule has 0 aliphatic rings. The number of ether oxygens (including phenoxy) is 1. The minimum absolute atomic E-state index is 0.633. The second kappa shape index (κ2) is 18.3. The highest BCUT2D eigenvalue weighted by atomic mass is 16.5. The lowest BCUT2D eigenvalue weighted by Crippen LogP contribution is -2.04. The van der Waals surface area contributed by atoms with Crippen LogP contribution in [0.4, 0.5) is 22.7 Å². The fourth-order valence-electron chi connectivity index (χ4n) is 4.75. The Labute approximate surface area is 247 Å². The molecule has 3 rings (SSSR count). The Morgan fingerprint density at radius 3 is 1.63 bits per heavy atom. The summed E-state index contributed by atoms with van der Waals surface area (Å²) in [5.74, 6) is 3.53. The second-order valence-corrected chi connectivity index (χ2v) is 10.2. The minimum atomic E-state index is 0.633. The predicted octanol–water partition coefficient (Wildman–Crippen LogP) is 9.55. The van der Waals surface area contributed by atoms with E-state index in [2.05, 4.69) is 23.5 Å². The number of benzene rings is 3. The van der Waals surface area contributed by atoms with Crippen LogP contribution in [-0.2, 0) is 0 Å². The lowest BCUT2D eigenvalue weighted by Gasteiger charge is -2.14. The monoisotopic (exact) mass is 550 g/mol. The number of unbranched alkanes of at least 4 members (excludes halogenated alkanes) is 9. The van der Waals surface area contributed by atoms with E-state index in [1.165, 1.54) is 51.4 Å². The molecule has 41 heavy (non-hydrogen) atoms. The first-order valence-electron chi connectivity index (χ1n) is 15.1. The van der Waals surface area contributed by atoms with Crippen molar-refractivity contribution in [1.82, 2.24) is 0 Å². The van der Waals surface area contributed by atoms with E-state index in [1.807, 2.05) is 87.2 Å². The van der Waals surface area contributed by atoms with Crippen LogP contribution in [0.3, 0.4) is 0 Å². The summed E-state index contributed by atoms with van der Waals surface area (Å²) in [6, 6.07) is 19.8. The van der Waals surface area contributed by atoms with E-state index in [9.17, 15) is 0 Å². The minimum Gasteiger partial charge on any atom is -0.492 e. The summed E-state index contributed by atoms with van der Waals surface area (Å²) in [5.41, 5.74) is 6.02. The Balaban J connectivity index is 1.78. The highest BCUT2D eigenvalue weighted by molar-refractivity contribution is 5.95. The Hall–Kier alpha value is -4.04. The topological polar surface area (TPSA) is 58.0 Å². The van der Waals surface area contributed by atoms with E-state index < -0.39 is 0 Å². The Kier molecular flexibility index (Phi) is 14.1. The zero-order valence-corrected chi connectivity index (χ0v) is 25.1. The molecule has 0 aromatic heterocycles. The van der Waals surface area contributed by atoms with E-state index in [0.29, 0.717) is 6.61 Å². The molecule has 0 saturated heterocycles. The molecular weight excluding hydrogens is 504 g/mol. The van der Waals surface area contributed by atoms with Crippen LogP contribution in [0, 0.1) is 12.3 Å². The molecule has 0 fully saturated rings. The van der Waals surface area contributed by atoms with Gasteiger partial charge in [-0.25, -0.2) is 0 Å². The van der Waals surface area contributed by atoms with Gasteiger partial charge in [0.15, 0.2) is 0 Å². The molecule has 5 heteroatoms. The normalized spacial score (nSPS) is 11.2. The van der Waals surface area contributed by atoms with Crippen LogP contribution in [0.25, 0.3) is 0 Å². The first-order chi connectivity index (χ1) is 20.2. The van der Waals surface area contributed by atoms with Gasteiger partial charge in [0.25, 0.3) is 0 Å². The fraction of sp³-hybridized carbons (Fsp3) is 0.389. The zero-order valence-electron chi connectivity index (χ0n) is 25.1. The molecule has 0 saturated carbocycles. The van der Waals surface area contributed by atoms with E-state index in [-0.39, 0.29) is 0 Å². The Morgan fingerprint density at radius 2 is 1.17 bits per heavy atom. The van der Waals surface area contributed by atoms with Gasteiger partial charge in [0.05, 0.1) is 29.4 Å². The molecule has 0 radical (unpaired) electrons. The molecule has 0 spiro atoms. The van der Waals surface area contributed by atoms with Crippen LogP contribution in [0.15, 0.2) is 70.6 Å². The summed E-state index contributed by atoms with van der Waals surface area (Å²) < 4.78 is 6.45. The van der Waals surface area contributed by atoms with Gasteiger partial charge < -0.3 is 15.4 Å². The predicted molar refractivity (Wildman–Crippen MR) is 178 cm³/mol. The average Bonchev–Trinajstić information content (AvgIpc) is 3.02. The van der Waals surface area contributed by atoms with Crippen LogP contribution in [0.1, 0.15) is 87.8 Å². The maximum atomic E-state index is 6.45. The molecule has 216 valence electrons. The summed E-state index contributed by atoms with van der Waals surface area (Å²) in [6.07, 6.45) is 22.4. The molecular formula is C36H46N4O. The number of hydrogen-bond donors (Lipinski definition) is 2. The van der Waals surface area contributed by atoms with E-state index in [4.69, 9.17) is 21.1 Å². The van der Waals surface area contributed by atoms with Crippen molar-refractivity contribution in [2.45, 2.75) is 71.1 Å². The van der Waals surface area contributed by atoms with Gasteiger partial charge in [-0.15, -0.1) is 6.42 Å². The molecule has 0 unspecified atom stereocenters. The third-order valence-electron chi connectivity index (χ3n) is 7.09. The van der Waals surface area contributed by atoms with Crippen molar-refractivity contribution in [1.29, 1.82) is 0 Å². The largest absolute Gasteiger partial charge is 0.492 e. The quantitative estimate of drug-likeness (QED) is 0.0942. The van der Waals surface area contributed by atoms with Gasteiger partial charge in [-0.1, -0.05) is 94.9 Å². The van der Waals surface area contributed by atoms with Gasteiger partial charge in [-0.2, -0.15) is 0 Å². The van der Waals surface area contributed by atoms with Gasteiger partial charge in [0.2, 0.25) is 0 Å². The van der Waals surface area contributed by atoms with Crippen molar-refractivity contribution in [3.8, 4) is 18.1 Å². The first kappa shape index (κ1) is 31.5. The van der Waals surface area contributed by atoms with Crippen LogP contribution in [0.5, 0.6) is 5.75 Å². The molecule has 0 bridgehead atoms. The number of nitrogens with one attached hydrogen (secondary N) is 2. The lowest BCUT2D eigenvalue weighted by molar-refractivity contribution is 0.303. The number of hydrogen-bond acceptors (Lipinski definition) is 5. The molecule has 2 N–H and O–H groups in total. The maximum Gasteiger partial charge on any atom is 0.136 e. The molecule has 3 aromatic rings. The lowest BCUT2D eigenvalue weighted by atomic mass is 10.0. The fourth-order valence-corrected chi connectivity index (χ4v) is 4.75. The van der Waals surface area contributed by atoms with E-state index in [1.54, 1.807) is 0 Å². The smallest absolute Gasteiger partial charge is 0.136 e. The van der Waals surface area contributed by atoms with E-state index in [0.717, 1.165) is 58.0 Å². The standard InChI is InChI=1S/C36H46N4O/c1-5-7-8-9-10-11-12-13-14-19-24-41-36-30(27-39-34-22-17-15-20-32(34)37-3)25-29(6-2)26-31(36)28-40-35-23-18-16-21-33(35)38-4/h2,15-18,20-23,25-28,37-38H,5,7-14,19,24H2,1,3-4H3. The van der Waals surface area contributed by atoms with Crippen molar-refractivity contribution in [3.05, 3.63) is 77.4 Å². The molecule has 0 aliphatic carbocycles. The van der Waals surface area contributed by atoms with Crippen LogP contribution in [0.2, 0.25) is 0 Å². The summed E-state index contributed by atoms with van der Waals surface area (Å²) in [5, 5.41) is 6.40. The van der Waals surface area contributed by atoms with Gasteiger partial charge in [0.1, 0.15) is 5.75 Å². The summed E-state index contributed by atoms with van der Waals surface area (Å²) in [7, 11) is 3.79. The van der Waals surface area contributed by atoms with Crippen LogP contribution >= 0.6 is 0 Å². The summed E-state index contributed by atoms with van der Waals surface area (Å²) in [4.78, 5) is 9.57. The molecule has 3 aromatic carbocycles. The number of anilines is 2. The third kappa shape index (κ3) is 10.5. The van der Waals surface area contributed by atoms with Gasteiger partial charge in [-0.05, 0) is 42.8 Å². The number of aliphatic imine (C=N–C) groups is 2. The SMILES string of the molecule is C#Cc1cc(C=Nc2ccccc2NC)c(OCCCCCCCCCCCC)c(C=Nc2ccccc2NC)c1. The molecule has 5 nitrogen and oxygen atoms in total. The molecule has 0 aliphatic heterocycles. The van der Waals surface area contributed by atoms with Crippen molar-refractivity contribution in [2.24, 2.45) is 9.98 Å². The maximum absolute atomic E-state index is 6.45. The van der Waals surface area contributed by atoms with Gasteiger partial charge in [0, 0.05) is 43.2 Å². The van der Waals surface area contributed by atoms with Crippen molar-refractivity contribution >= 4 is 35.2 Å². The summed E-state index contributed by atoms with van der Waals surface area (Å²) in [6.45, 7) is 2.90. The average molecular weight is 551 g/mol. The van der Waals surface area contributed by atoms with Crippen molar-refractivity contribution < 1.29 is 4.74 Å². The van der Waals surface area contributed by atoms with Gasteiger partial charge >= 0.3 is 0 Å². The number of nitrogens with zero attached hydrogens (tertiary/aromatic N) is 2. The Bertz CT molecular complexity index is 1230. The molecule has 0 heterocycles. The summed E-state index contributed by atoms with van der Waals surface area (Å²) >= 11 is 0.